The topological polar surface area (TPSA) is 96.8 Å². The van der Waals surface area contributed by atoms with E-state index in [0.717, 1.165) is 6.26 Å². The Labute approximate surface area is 95.0 Å². The maximum atomic E-state index is 11.2. The van der Waals surface area contributed by atoms with Crippen LogP contribution in [0.5, 0.6) is 0 Å². The van der Waals surface area contributed by atoms with Gasteiger partial charge in [-0.15, -0.1) is 0 Å². The Morgan fingerprint density at radius 2 is 2.21 bits per heavy atom. The molecule has 74 valence electrons. The van der Waals surface area contributed by atoms with Crippen molar-refractivity contribution in [2.75, 3.05) is 12.0 Å². The molecule has 1 aromatic heterocycles. The second-order valence-electron chi connectivity index (χ2n) is 2.59. The Balaban J connectivity index is 3.61. The molecular formula is C7H6IN3O2S. The van der Waals surface area contributed by atoms with Crippen molar-refractivity contribution in [2.45, 2.75) is 5.03 Å². The van der Waals surface area contributed by atoms with Gasteiger partial charge in [0, 0.05) is 6.26 Å². The van der Waals surface area contributed by atoms with Crippen molar-refractivity contribution < 1.29 is 8.42 Å². The van der Waals surface area contributed by atoms with E-state index in [-0.39, 0.29) is 16.4 Å². The third-order valence-electron chi connectivity index (χ3n) is 1.44. The van der Waals surface area contributed by atoms with E-state index >= 15 is 0 Å². The second kappa shape index (κ2) is 3.70. The first-order valence-electron chi connectivity index (χ1n) is 3.42. The van der Waals surface area contributed by atoms with Gasteiger partial charge >= 0.3 is 0 Å². The molecule has 0 aliphatic rings. The molecule has 0 radical (unpaired) electrons. The molecule has 0 amide bonds. The molecule has 7 heteroatoms. The van der Waals surface area contributed by atoms with Crippen LogP contribution in [-0.2, 0) is 9.84 Å². The lowest BCUT2D eigenvalue weighted by Gasteiger charge is -2.03. The lowest BCUT2D eigenvalue weighted by molar-refractivity contribution is 0.598. The van der Waals surface area contributed by atoms with Crippen LogP contribution >= 0.6 is 22.6 Å². The predicted molar refractivity (Wildman–Crippen MR) is 59.2 cm³/mol. The number of nitrogens with zero attached hydrogens (tertiary/aromatic N) is 2. The van der Waals surface area contributed by atoms with E-state index in [1.165, 1.54) is 6.07 Å². The molecule has 0 fully saturated rings. The fraction of sp³-hybridized carbons (Fsp3) is 0.143. The molecule has 0 bridgehead atoms. The van der Waals surface area contributed by atoms with E-state index < -0.39 is 9.84 Å². The zero-order valence-corrected chi connectivity index (χ0v) is 10.1. The molecule has 14 heavy (non-hydrogen) atoms. The summed E-state index contributed by atoms with van der Waals surface area (Å²) in [5.41, 5.74) is 5.47. The Morgan fingerprint density at radius 3 is 2.64 bits per heavy atom. The molecule has 0 aliphatic heterocycles. The molecule has 1 heterocycles. The van der Waals surface area contributed by atoms with E-state index in [4.69, 9.17) is 11.0 Å². The van der Waals surface area contributed by atoms with Crippen LogP contribution in [0.3, 0.4) is 0 Å². The zero-order chi connectivity index (χ0) is 10.9. The molecule has 0 saturated heterocycles. The van der Waals surface area contributed by atoms with Crippen molar-refractivity contribution in [3.63, 3.8) is 0 Å². The maximum absolute atomic E-state index is 11.2. The minimum atomic E-state index is -3.50. The van der Waals surface area contributed by atoms with Gasteiger partial charge in [0.2, 0.25) is 0 Å². The second-order valence-corrected chi connectivity index (χ2v) is 5.69. The van der Waals surface area contributed by atoms with Gasteiger partial charge in [0.25, 0.3) is 0 Å². The van der Waals surface area contributed by atoms with Crippen LogP contribution in [0, 0.1) is 14.9 Å². The highest BCUT2D eigenvalue weighted by Gasteiger charge is 2.17. The van der Waals surface area contributed by atoms with E-state index in [2.05, 4.69) is 4.98 Å². The van der Waals surface area contributed by atoms with Crippen molar-refractivity contribution >= 4 is 38.2 Å². The Morgan fingerprint density at radius 1 is 1.64 bits per heavy atom. The van der Waals surface area contributed by atoms with Crippen LogP contribution in [0.15, 0.2) is 11.1 Å². The molecule has 0 atom stereocenters. The average molecular weight is 323 g/mol. The van der Waals surface area contributed by atoms with E-state index in [9.17, 15) is 8.42 Å². The fourth-order valence-electron chi connectivity index (χ4n) is 0.848. The molecule has 1 rings (SSSR count). The summed E-state index contributed by atoms with van der Waals surface area (Å²) < 4.78 is 23.0. The number of pyridine rings is 1. The number of halogens is 1. The molecule has 1 aromatic rings. The van der Waals surface area contributed by atoms with Crippen LogP contribution < -0.4 is 5.73 Å². The lowest BCUT2D eigenvalue weighted by Crippen LogP contribution is -2.07. The first kappa shape index (κ1) is 11.2. The first-order chi connectivity index (χ1) is 6.36. The number of aromatic nitrogens is 1. The van der Waals surface area contributed by atoms with Gasteiger partial charge in [0.1, 0.15) is 11.9 Å². The van der Waals surface area contributed by atoms with Gasteiger partial charge in [-0.3, -0.25) is 0 Å². The number of hydrogen-bond donors (Lipinski definition) is 1. The number of nitriles is 1. The monoisotopic (exact) mass is 323 g/mol. The zero-order valence-electron chi connectivity index (χ0n) is 7.15. The number of nitrogen functional groups attached to an aromatic ring is 1. The summed E-state index contributed by atoms with van der Waals surface area (Å²) in [6.45, 7) is 0. The summed E-state index contributed by atoms with van der Waals surface area (Å²) in [7, 11) is -3.50. The van der Waals surface area contributed by atoms with E-state index in [0.29, 0.717) is 3.57 Å². The van der Waals surface area contributed by atoms with Gasteiger partial charge < -0.3 is 5.73 Å². The largest absolute Gasteiger partial charge is 0.383 e. The summed E-state index contributed by atoms with van der Waals surface area (Å²) in [5.74, 6) is 0.116. The van der Waals surface area contributed by atoms with Gasteiger partial charge in [-0.2, -0.15) is 5.26 Å². The first-order valence-corrected chi connectivity index (χ1v) is 6.39. The highest BCUT2D eigenvalue weighted by molar-refractivity contribution is 14.1. The molecule has 0 aliphatic carbocycles. The third-order valence-corrected chi connectivity index (χ3v) is 3.32. The minimum Gasteiger partial charge on any atom is -0.383 e. The fourth-order valence-corrected chi connectivity index (χ4v) is 2.05. The Kier molecular flexibility index (Phi) is 2.96. The standard InChI is InChI=1S/C7H6IN3O2S/c1-14(12,13)7-4(3-9)2-5(8)6(10)11-7/h2H,1H3,(H2,10,11). The number of nitrogens with two attached hydrogens (primary N) is 1. The highest BCUT2D eigenvalue weighted by atomic mass is 127. The Bertz CT molecular complexity index is 518. The van der Waals surface area contributed by atoms with Gasteiger partial charge in [-0.1, -0.05) is 0 Å². The smallest absolute Gasteiger partial charge is 0.194 e. The van der Waals surface area contributed by atoms with Crippen LogP contribution in [0.2, 0.25) is 0 Å². The van der Waals surface area contributed by atoms with Crippen LogP contribution in [0.4, 0.5) is 5.82 Å². The van der Waals surface area contributed by atoms with Crippen molar-refractivity contribution in [2.24, 2.45) is 0 Å². The number of hydrogen-bond acceptors (Lipinski definition) is 5. The van der Waals surface area contributed by atoms with E-state index in [1.54, 1.807) is 6.07 Å². The molecule has 0 unspecified atom stereocenters. The average Bonchev–Trinajstić information content (AvgIpc) is 2.07. The van der Waals surface area contributed by atoms with Crippen molar-refractivity contribution in [3.05, 3.63) is 15.2 Å². The van der Waals surface area contributed by atoms with Crippen molar-refractivity contribution in [3.8, 4) is 6.07 Å². The highest BCUT2D eigenvalue weighted by Crippen LogP contribution is 2.19. The quantitative estimate of drug-likeness (QED) is 0.761. The van der Waals surface area contributed by atoms with Crippen molar-refractivity contribution in [1.29, 1.82) is 5.26 Å². The van der Waals surface area contributed by atoms with Gasteiger partial charge in [0.15, 0.2) is 14.9 Å². The predicted octanol–water partition coefficient (Wildman–Crippen LogP) is 0.544. The summed E-state index contributed by atoms with van der Waals surface area (Å²) in [4.78, 5) is 3.67. The third kappa shape index (κ3) is 2.13. The number of sulfone groups is 1. The van der Waals surface area contributed by atoms with Gasteiger partial charge in [-0.05, 0) is 28.7 Å². The Hall–Kier alpha value is -0.880. The van der Waals surface area contributed by atoms with Gasteiger partial charge in [0.05, 0.1) is 9.13 Å². The SMILES string of the molecule is CS(=O)(=O)c1nc(N)c(I)cc1C#N. The minimum absolute atomic E-state index is 0.0195. The molecule has 0 saturated carbocycles. The van der Waals surface area contributed by atoms with Crippen LogP contribution in [0.25, 0.3) is 0 Å². The van der Waals surface area contributed by atoms with Crippen molar-refractivity contribution in [1.82, 2.24) is 4.98 Å². The summed E-state index contributed by atoms with van der Waals surface area (Å²) in [5, 5.41) is 8.43. The summed E-state index contributed by atoms with van der Waals surface area (Å²) in [6, 6.07) is 3.17. The lowest BCUT2D eigenvalue weighted by atomic mass is 10.3. The maximum Gasteiger partial charge on any atom is 0.194 e. The molecule has 0 spiro atoms. The summed E-state index contributed by atoms with van der Waals surface area (Å²) >= 11 is 1.88. The van der Waals surface area contributed by atoms with Crippen LogP contribution in [-0.4, -0.2) is 19.7 Å². The normalized spacial score (nSPS) is 10.9. The molecule has 5 nitrogen and oxygen atoms in total. The van der Waals surface area contributed by atoms with Gasteiger partial charge in [-0.25, -0.2) is 13.4 Å². The van der Waals surface area contributed by atoms with Crippen LogP contribution in [0.1, 0.15) is 5.56 Å². The molecule has 2 N–H and O–H groups in total. The molecular weight excluding hydrogens is 317 g/mol. The molecule has 0 aromatic carbocycles. The number of rotatable bonds is 1. The van der Waals surface area contributed by atoms with E-state index in [1.807, 2.05) is 22.6 Å². The number of anilines is 1. The summed E-state index contributed by atoms with van der Waals surface area (Å²) in [6.07, 6.45) is 0.989.